The van der Waals surface area contributed by atoms with E-state index in [4.69, 9.17) is 10.5 Å². The molecule has 0 radical (unpaired) electrons. The van der Waals surface area contributed by atoms with Gasteiger partial charge in [0.2, 0.25) is 0 Å². The molecule has 0 aromatic heterocycles. The summed E-state index contributed by atoms with van der Waals surface area (Å²) in [5.74, 6) is -0.381. The number of amides is 2. The van der Waals surface area contributed by atoms with Crippen LogP contribution in [0, 0.1) is 6.92 Å². The minimum Gasteiger partial charge on any atom is -0.364 e. The van der Waals surface area contributed by atoms with E-state index in [-0.39, 0.29) is 17.9 Å². The first-order chi connectivity index (χ1) is 10.0. The quantitative estimate of drug-likeness (QED) is 0.765. The number of rotatable bonds is 4. The van der Waals surface area contributed by atoms with E-state index in [0.29, 0.717) is 24.2 Å². The summed E-state index contributed by atoms with van der Waals surface area (Å²) in [5.41, 5.74) is 7.56. The van der Waals surface area contributed by atoms with Crippen molar-refractivity contribution >= 4 is 17.5 Å². The van der Waals surface area contributed by atoms with Crippen LogP contribution in [-0.4, -0.2) is 37.6 Å². The van der Waals surface area contributed by atoms with E-state index < -0.39 is 6.10 Å². The van der Waals surface area contributed by atoms with Gasteiger partial charge in [0.25, 0.3) is 11.8 Å². The average Bonchev–Trinajstić information content (AvgIpc) is 2.97. The van der Waals surface area contributed by atoms with E-state index in [2.05, 4.69) is 10.6 Å². The summed E-state index contributed by atoms with van der Waals surface area (Å²) in [5, 5.41) is 5.39. The van der Waals surface area contributed by atoms with Gasteiger partial charge < -0.3 is 21.1 Å². The second-order valence-corrected chi connectivity index (χ2v) is 5.16. The van der Waals surface area contributed by atoms with Crippen LogP contribution in [0.4, 0.5) is 5.69 Å². The highest BCUT2D eigenvalue weighted by atomic mass is 16.5. The van der Waals surface area contributed by atoms with Gasteiger partial charge in [0.1, 0.15) is 6.10 Å². The van der Waals surface area contributed by atoms with Crippen LogP contribution in [0.3, 0.4) is 0 Å². The Morgan fingerprint density at radius 2 is 2.14 bits per heavy atom. The van der Waals surface area contributed by atoms with Gasteiger partial charge in [0.15, 0.2) is 0 Å². The molecule has 6 heteroatoms. The van der Waals surface area contributed by atoms with Crippen LogP contribution in [0.5, 0.6) is 0 Å². The van der Waals surface area contributed by atoms with E-state index in [0.717, 1.165) is 12.0 Å². The third kappa shape index (κ3) is 3.59. The fraction of sp³-hybridized carbons (Fsp3) is 0.467. The molecule has 114 valence electrons. The van der Waals surface area contributed by atoms with Crippen LogP contribution < -0.4 is 16.4 Å². The van der Waals surface area contributed by atoms with Crippen molar-refractivity contribution in [1.82, 2.24) is 5.32 Å². The maximum atomic E-state index is 12.2. The van der Waals surface area contributed by atoms with Gasteiger partial charge in [0.05, 0.1) is 6.10 Å². The van der Waals surface area contributed by atoms with Crippen LogP contribution in [0.1, 0.15) is 28.8 Å². The van der Waals surface area contributed by atoms with E-state index >= 15 is 0 Å². The largest absolute Gasteiger partial charge is 0.364 e. The summed E-state index contributed by atoms with van der Waals surface area (Å²) in [6.45, 7) is 2.30. The first-order valence-corrected chi connectivity index (χ1v) is 7.04. The minimum absolute atomic E-state index is 0.0425. The number of anilines is 1. The number of nitrogens with two attached hydrogens (primary N) is 1. The first kappa shape index (κ1) is 15.5. The molecular formula is C15H21N3O3. The fourth-order valence-corrected chi connectivity index (χ4v) is 2.33. The maximum Gasteiger partial charge on any atom is 0.253 e. The van der Waals surface area contributed by atoms with Crippen molar-refractivity contribution in [1.29, 1.82) is 0 Å². The zero-order valence-corrected chi connectivity index (χ0v) is 12.3. The van der Waals surface area contributed by atoms with Gasteiger partial charge in [-0.15, -0.1) is 0 Å². The lowest BCUT2D eigenvalue weighted by atomic mass is 10.1. The topological polar surface area (TPSA) is 93.5 Å². The predicted octanol–water partition coefficient (Wildman–Crippen LogP) is 0.799. The van der Waals surface area contributed by atoms with Crippen LogP contribution in [-0.2, 0) is 9.53 Å². The number of ether oxygens (including phenoxy) is 1. The highest BCUT2D eigenvalue weighted by molar-refractivity contribution is 5.98. The number of benzene rings is 1. The van der Waals surface area contributed by atoms with Gasteiger partial charge in [-0.25, -0.2) is 0 Å². The monoisotopic (exact) mass is 291 g/mol. The van der Waals surface area contributed by atoms with Crippen molar-refractivity contribution in [3.63, 3.8) is 0 Å². The lowest BCUT2D eigenvalue weighted by Crippen LogP contribution is -2.30. The molecule has 0 spiro atoms. The highest BCUT2D eigenvalue weighted by Gasteiger charge is 2.30. The summed E-state index contributed by atoms with van der Waals surface area (Å²) in [7, 11) is 1.57. The predicted molar refractivity (Wildman–Crippen MR) is 80.1 cm³/mol. The number of hydrogen-bond acceptors (Lipinski definition) is 4. The number of carbonyl (C=O) groups excluding carboxylic acids is 2. The standard InChI is InChI=1S/C15H21N3O3/c1-9-3-4-10(14(19)17-2)7-12(9)18-15(20)13-6-5-11(8-16)21-13/h3-4,7,11,13H,5-6,8,16H2,1-2H3,(H,17,19)(H,18,20)/t11-,13+/m1/s1. The Bertz CT molecular complexity index is 545. The Balaban J connectivity index is 2.08. The summed E-state index contributed by atoms with van der Waals surface area (Å²) in [4.78, 5) is 23.8. The third-order valence-electron chi connectivity index (χ3n) is 3.65. The van der Waals surface area contributed by atoms with Gasteiger partial charge in [-0.1, -0.05) is 6.07 Å². The van der Waals surface area contributed by atoms with Crippen molar-refractivity contribution in [2.24, 2.45) is 5.73 Å². The third-order valence-corrected chi connectivity index (χ3v) is 3.65. The minimum atomic E-state index is -0.471. The number of hydrogen-bond donors (Lipinski definition) is 3. The molecule has 6 nitrogen and oxygen atoms in total. The molecule has 2 rings (SSSR count). The maximum absolute atomic E-state index is 12.2. The number of carbonyl (C=O) groups is 2. The van der Waals surface area contributed by atoms with E-state index in [9.17, 15) is 9.59 Å². The zero-order chi connectivity index (χ0) is 15.4. The van der Waals surface area contributed by atoms with Crippen LogP contribution in [0.2, 0.25) is 0 Å². The van der Waals surface area contributed by atoms with Crippen molar-refractivity contribution in [2.75, 3.05) is 18.9 Å². The molecule has 1 fully saturated rings. The Morgan fingerprint density at radius 1 is 1.38 bits per heavy atom. The highest BCUT2D eigenvalue weighted by Crippen LogP contribution is 2.22. The molecule has 2 amide bonds. The van der Waals surface area contributed by atoms with Gasteiger partial charge in [0, 0.05) is 24.8 Å². The molecule has 1 aromatic carbocycles. The normalized spacial score (nSPS) is 21.1. The molecule has 0 bridgehead atoms. The molecule has 4 N–H and O–H groups in total. The molecule has 2 atom stereocenters. The summed E-state index contributed by atoms with van der Waals surface area (Å²) >= 11 is 0. The Morgan fingerprint density at radius 3 is 2.76 bits per heavy atom. The molecule has 0 saturated carbocycles. The van der Waals surface area contributed by atoms with Crippen LogP contribution >= 0.6 is 0 Å². The molecule has 1 saturated heterocycles. The summed E-state index contributed by atoms with van der Waals surface area (Å²) in [6, 6.07) is 5.19. The lowest BCUT2D eigenvalue weighted by molar-refractivity contribution is -0.126. The zero-order valence-electron chi connectivity index (χ0n) is 12.3. The number of aryl methyl sites for hydroxylation is 1. The smallest absolute Gasteiger partial charge is 0.253 e. The SMILES string of the molecule is CNC(=O)c1ccc(C)c(NC(=O)[C@@H]2CC[C@H](CN)O2)c1. The van der Waals surface area contributed by atoms with Gasteiger partial charge in [-0.05, 0) is 37.5 Å². The van der Waals surface area contributed by atoms with E-state index in [1.54, 1.807) is 25.2 Å². The molecule has 1 aromatic rings. The molecule has 21 heavy (non-hydrogen) atoms. The Kier molecular flexibility index (Phi) is 4.93. The van der Waals surface area contributed by atoms with Gasteiger partial charge >= 0.3 is 0 Å². The van der Waals surface area contributed by atoms with Crippen LogP contribution in [0.25, 0.3) is 0 Å². The molecule has 1 aliphatic rings. The van der Waals surface area contributed by atoms with Crippen molar-refractivity contribution in [3.8, 4) is 0 Å². The Labute approximate surface area is 124 Å². The lowest BCUT2D eigenvalue weighted by Gasteiger charge is -2.14. The van der Waals surface area contributed by atoms with Crippen LogP contribution in [0.15, 0.2) is 18.2 Å². The summed E-state index contributed by atoms with van der Waals surface area (Å²) < 4.78 is 5.57. The second kappa shape index (κ2) is 6.69. The Hall–Kier alpha value is -1.92. The molecular weight excluding hydrogens is 270 g/mol. The first-order valence-electron chi connectivity index (χ1n) is 7.04. The summed E-state index contributed by atoms with van der Waals surface area (Å²) in [6.07, 6.45) is 0.953. The van der Waals surface area contributed by atoms with Crippen molar-refractivity contribution < 1.29 is 14.3 Å². The van der Waals surface area contributed by atoms with Gasteiger partial charge in [-0.2, -0.15) is 0 Å². The second-order valence-electron chi connectivity index (χ2n) is 5.16. The molecule has 1 heterocycles. The van der Waals surface area contributed by atoms with Crippen molar-refractivity contribution in [2.45, 2.75) is 32.0 Å². The molecule has 0 unspecified atom stereocenters. The van der Waals surface area contributed by atoms with Gasteiger partial charge in [-0.3, -0.25) is 9.59 Å². The molecule has 0 aliphatic carbocycles. The molecule has 1 aliphatic heterocycles. The average molecular weight is 291 g/mol. The van der Waals surface area contributed by atoms with E-state index in [1.165, 1.54) is 0 Å². The fourth-order valence-electron chi connectivity index (χ4n) is 2.33. The van der Waals surface area contributed by atoms with E-state index in [1.807, 2.05) is 6.92 Å². The van der Waals surface area contributed by atoms with Crippen molar-refractivity contribution in [3.05, 3.63) is 29.3 Å². The number of nitrogens with one attached hydrogen (secondary N) is 2.